The van der Waals surface area contributed by atoms with Gasteiger partial charge in [-0.3, -0.25) is 14.5 Å². The maximum atomic E-state index is 12.3. The Morgan fingerprint density at radius 1 is 1.25 bits per heavy atom. The first kappa shape index (κ1) is 20.7. The number of Topliss-reactive ketones (excluding diaryl/α,β-unsaturated/α-hetero) is 1. The number of rotatable bonds is 11. The summed E-state index contributed by atoms with van der Waals surface area (Å²) >= 11 is 0. The maximum absolute atomic E-state index is 12.3. The third-order valence-corrected chi connectivity index (χ3v) is 6.21. The van der Waals surface area contributed by atoms with E-state index in [9.17, 15) is 14.7 Å². The molecule has 3 rings (SSSR count). The fourth-order valence-corrected chi connectivity index (χ4v) is 4.33. The molecule has 2 atom stereocenters. The SMILES string of the molecule is O=C(O)CCCC=CCC1C(=O)CCN1CCC(O)C1(c2ccccc2)CC1. The van der Waals surface area contributed by atoms with E-state index in [1.54, 1.807) is 0 Å². The number of allylic oxidation sites excluding steroid dienone is 1. The zero-order chi connectivity index (χ0) is 20.0. The van der Waals surface area contributed by atoms with Crippen molar-refractivity contribution in [2.24, 2.45) is 0 Å². The molecule has 1 aliphatic heterocycles. The number of likely N-dealkylation sites (tertiary alicyclic amines) is 1. The van der Waals surface area contributed by atoms with Crippen LogP contribution in [0, 0.1) is 0 Å². The number of hydrogen-bond acceptors (Lipinski definition) is 4. The topological polar surface area (TPSA) is 77.8 Å². The highest BCUT2D eigenvalue weighted by atomic mass is 16.4. The fourth-order valence-electron chi connectivity index (χ4n) is 4.33. The van der Waals surface area contributed by atoms with Crippen molar-refractivity contribution >= 4 is 11.8 Å². The Labute approximate surface area is 167 Å². The van der Waals surface area contributed by atoms with Gasteiger partial charge in [0.2, 0.25) is 0 Å². The van der Waals surface area contributed by atoms with Crippen LogP contribution >= 0.6 is 0 Å². The molecule has 0 spiro atoms. The molecule has 0 radical (unpaired) electrons. The quantitative estimate of drug-likeness (QED) is 0.451. The predicted octanol–water partition coefficient (Wildman–Crippen LogP) is 3.31. The number of carboxylic acid groups (broad SMARTS) is 1. The van der Waals surface area contributed by atoms with Crippen molar-refractivity contribution < 1.29 is 19.8 Å². The molecule has 28 heavy (non-hydrogen) atoms. The summed E-state index contributed by atoms with van der Waals surface area (Å²) in [6, 6.07) is 10.2. The Hall–Kier alpha value is -1.98. The van der Waals surface area contributed by atoms with Gasteiger partial charge in [-0.15, -0.1) is 0 Å². The average Bonchev–Trinajstić information content (AvgIpc) is 3.43. The van der Waals surface area contributed by atoms with Crippen molar-refractivity contribution in [1.82, 2.24) is 4.90 Å². The van der Waals surface area contributed by atoms with Gasteiger partial charge in [0.1, 0.15) is 0 Å². The van der Waals surface area contributed by atoms with Crippen LogP contribution in [0.2, 0.25) is 0 Å². The molecular weight excluding hydrogens is 354 g/mol. The van der Waals surface area contributed by atoms with E-state index in [-0.39, 0.29) is 29.8 Å². The molecule has 2 aliphatic rings. The fraction of sp³-hybridized carbons (Fsp3) is 0.565. The monoisotopic (exact) mass is 385 g/mol. The van der Waals surface area contributed by atoms with E-state index < -0.39 is 5.97 Å². The summed E-state index contributed by atoms with van der Waals surface area (Å²) in [6.45, 7) is 1.50. The van der Waals surface area contributed by atoms with E-state index in [1.807, 2.05) is 30.4 Å². The predicted molar refractivity (Wildman–Crippen MR) is 108 cm³/mol. The van der Waals surface area contributed by atoms with Gasteiger partial charge in [-0.1, -0.05) is 42.5 Å². The highest BCUT2D eigenvalue weighted by Crippen LogP contribution is 2.51. The maximum Gasteiger partial charge on any atom is 0.303 e. The molecule has 2 N–H and O–H groups in total. The Bertz CT molecular complexity index is 696. The lowest BCUT2D eigenvalue weighted by Crippen LogP contribution is -2.37. The van der Waals surface area contributed by atoms with Crippen molar-refractivity contribution in [1.29, 1.82) is 0 Å². The van der Waals surface area contributed by atoms with E-state index in [2.05, 4.69) is 17.0 Å². The minimum Gasteiger partial charge on any atom is -0.481 e. The molecule has 5 nitrogen and oxygen atoms in total. The van der Waals surface area contributed by atoms with Crippen LogP contribution in [0.5, 0.6) is 0 Å². The summed E-state index contributed by atoms with van der Waals surface area (Å²) in [5.74, 6) is -0.498. The molecule has 1 aromatic carbocycles. The number of aliphatic hydroxyl groups excluding tert-OH is 1. The summed E-state index contributed by atoms with van der Waals surface area (Å²) in [4.78, 5) is 25.0. The summed E-state index contributed by atoms with van der Waals surface area (Å²) in [5.41, 5.74) is 1.13. The van der Waals surface area contributed by atoms with Crippen molar-refractivity contribution in [3.8, 4) is 0 Å². The van der Waals surface area contributed by atoms with Crippen LogP contribution in [0.1, 0.15) is 56.9 Å². The van der Waals surface area contributed by atoms with Gasteiger partial charge in [0.15, 0.2) is 5.78 Å². The third-order valence-electron chi connectivity index (χ3n) is 6.21. The van der Waals surface area contributed by atoms with E-state index >= 15 is 0 Å². The van der Waals surface area contributed by atoms with Crippen molar-refractivity contribution in [3.63, 3.8) is 0 Å². The number of ketones is 1. The van der Waals surface area contributed by atoms with Gasteiger partial charge < -0.3 is 10.2 Å². The average molecular weight is 386 g/mol. The van der Waals surface area contributed by atoms with Crippen LogP contribution < -0.4 is 0 Å². The number of unbranched alkanes of at least 4 members (excludes halogenated alkanes) is 1. The van der Waals surface area contributed by atoms with Gasteiger partial charge in [0, 0.05) is 31.3 Å². The van der Waals surface area contributed by atoms with Gasteiger partial charge >= 0.3 is 5.97 Å². The Morgan fingerprint density at radius 3 is 2.68 bits per heavy atom. The van der Waals surface area contributed by atoms with Crippen molar-refractivity contribution in [3.05, 3.63) is 48.0 Å². The van der Waals surface area contributed by atoms with Gasteiger partial charge in [0.25, 0.3) is 0 Å². The molecule has 152 valence electrons. The lowest BCUT2D eigenvalue weighted by molar-refractivity contribution is -0.137. The number of nitrogens with zero attached hydrogens (tertiary/aromatic N) is 1. The summed E-state index contributed by atoms with van der Waals surface area (Å²) in [6.07, 6.45) is 9.14. The first-order valence-corrected chi connectivity index (χ1v) is 10.4. The summed E-state index contributed by atoms with van der Waals surface area (Å²) in [7, 11) is 0. The second-order valence-corrected chi connectivity index (χ2v) is 8.09. The number of carboxylic acids is 1. The first-order chi connectivity index (χ1) is 13.5. The van der Waals surface area contributed by atoms with E-state index in [0.717, 1.165) is 32.4 Å². The van der Waals surface area contributed by atoms with Crippen LogP contribution in [0.4, 0.5) is 0 Å². The van der Waals surface area contributed by atoms with Crippen LogP contribution in [-0.4, -0.2) is 52.1 Å². The Kier molecular flexibility index (Phi) is 7.03. The molecule has 1 saturated heterocycles. The highest BCUT2D eigenvalue weighted by molar-refractivity contribution is 5.86. The largest absolute Gasteiger partial charge is 0.481 e. The van der Waals surface area contributed by atoms with Gasteiger partial charge in [-0.05, 0) is 44.1 Å². The molecule has 5 heteroatoms. The first-order valence-electron chi connectivity index (χ1n) is 10.4. The zero-order valence-electron chi connectivity index (χ0n) is 16.4. The zero-order valence-corrected chi connectivity index (χ0v) is 16.4. The van der Waals surface area contributed by atoms with Gasteiger partial charge in [-0.2, -0.15) is 0 Å². The second kappa shape index (κ2) is 9.48. The molecule has 1 heterocycles. The molecule has 0 bridgehead atoms. The molecule has 2 unspecified atom stereocenters. The molecule has 0 aromatic heterocycles. The number of benzene rings is 1. The van der Waals surface area contributed by atoms with E-state index in [1.165, 1.54) is 5.56 Å². The molecule has 1 aromatic rings. The highest BCUT2D eigenvalue weighted by Gasteiger charge is 2.50. The number of aliphatic hydroxyl groups is 1. The number of carbonyl (C=O) groups excluding carboxylic acids is 1. The van der Waals surface area contributed by atoms with Crippen LogP contribution in [-0.2, 0) is 15.0 Å². The third kappa shape index (κ3) is 5.09. The van der Waals surface area contributed by atoms with E-state index in [0.29, 0.717) is 25.7 Å². The number of carbonyl (C=O) groups is 2. The standard InChI is InChI=1S/C23H31NO4/c25-20-12-16-24(19(20)10-6-1-2-7-11-22(27)28)17-13-21(26)23(14-15-23)18-8-4-3-5-9-18/h1,3-6,8-9,19,21,26H,2,7,10-17H2,(H,27,28). The Balaban J connectivity index is 1.47. The van der Waals surface area contributed by atoms with Gasteiger partial charge in [0.05, 0.1) is 12.1 Å². The second-order valence-electron chi connectivity index (χ2n) is 8.09. The molecule has 1 saturated carbocycles. The summed E-state index contributed by atoms with van der Waals surface area (Å²) < 4.78 is 0. The van der Waals surface area contributed by atoms with Crippen LogP contribution in [0.25, 0.3) is 0 Å². The molecule has 1 aliphatic carbocycles. The number of aliphatic carboxylic acids is 1. The minimum absolute atomic E-state index is 0.0927. The van der Waals surface area contributed by atoms with E-state index in [4.69, 9.17) is 5.11 Å². The molecule has 2 fully saturated rings. The minimum atomic E-state index is -0.770. The van der Waals surface area contributed by atoms with Crippen molar-refractivity contribution in [2.45, 2.75) is 68.9 Å². The summed E-state index contributed by atoms with van der Waals surface area (Å²) in [5, 5.41) is 19.5. The van der Waals surface area contributed by atoms with Crippen LogP contribution in [0.15, 0.2) is 42.5 Å². The lowest BCUT2D eigenvalue weighted by Gasteiger charge is -2.27. The molecule has 0 amide bonds. The smallest absolute Gasteiger partial charge is 0.303 e. The Morgan fingerprint density at radius 2 is 2.00 bits per heavy atom. The lowest BCUT2D eigenvalue weighted by atomic mass is 9.88. The normalized spacial score (nSPS) is 22.6. The number of hydrogen-bond donors (Lipinski definition) is 2. The van der Waals surface area contributed by atoms with Crippen molar-refractivity contribution in [2.75, 3.05) is 13.1 Å². The molecular formula is C23H31NO4. The van der Waals surface area contributed by atoms with Crippen LogP contribution in [0.3, 0.4) is 0 Å². The van der Waals surface area contributed by atoms with Gasteiger partial charge in [-0.25, -0.2) is 0 Å².